The highest BCUT2D eigenvalue weighted by Crippen LogP contribution is 2.20. The molecule has 1 aromatic carbocycles. The lowest BCUT2D eigenvalue weighted by Crippen LogP contribution is -2.28. The number of nitrogens with one attached hydrogen (secondary N) is 1. The minimum absolute atomic E-state index is 0.175. The van der Waals surface area contributed by atoms with Crippen LogP contribution in [0.2, 0.25) is 0 Å². The monoisotopic (exact) mass is 287 g/mol. The third kappa shape index (κ3) is 5.01. The number of hydrogen-bond donors (Lipinski definition) is 1. The molecule has 1 N–H and O–H groups in total. The van der Waals surface area contributed by atoms with Crippen LogP contribution in [-0.2, 0) is 9.53 Å². The third-order valence-electron chi connectivity index (χ3n) is 4.04. The van der Waals surface area contributed by atoms with Crippen molar-refractivity contribution in [3.8, 4) is 0 Å². The molecule has 0 spiro atoms. The van der Waals surface area contributed by atoms with Gasteiger partial charge in [0.15, 0.2) is 0 Å². The molecule has 0 fully saturated rings. The number of benzene rings is 1. The predicted molar refractivity (Wildman–Crippen MR) is 85.2 cm³/mol. The SMILES string of the molecule is COC(=O)C(CNCCC1=CCCCC1)c1ccccc1. The van der Waals surface area contributed by atoms with Crippen LogP contribution in [0.5, 0.6) is 0 Å². The quantitative estimate of drug-likeness (QED) is 0.474. The van der Waals surface area contributed by atoms with E-state index < -0.39 is 0 Å². The lowest BCUT2D eigenvalue weighted by molar-refractivity contribution is -0.142. The Morgan fingerprint density at radius 1 is 1.29 bits per heavy atom. The van der Waals surface area contributed by atoms with Crippen LogP contribution in [-0.4, -0.2) is 26.2 Å². The minimum atomic E-state index is -0.225. The summed E-state index contributed by atoms with van der Waals surface area (Å²) in [4.78, 5) is 11.9. The summed E-state index contributed by atoms with van der Waals surface area (Å²) in [6.07, 6.45) is 8.57. The molecule has 0 saturated carbocycles. The molecule has 0 aliphatic heterocycles. The first-order chi connectivity index (χ1) is 10.3. The second-order valence-electron chi connectivity index (χ2n) is 5.55. The Balaban J connectivity index is 1.82. The molecule has 0 amide bonds. The van der Waals surface area contributed by atoms with Crippen molar-refractivity contribution >= 4 is 5.97 Å². The van der Waals surface area contributed by atoms with Crippen molar-refractivity contribution in [2.45, 2.75) is 38.0 Å². The Morgan fingerprint density at radius 3 is 2.76 bits per heavy atom. The Labute approximate surface area is 127 Å². The van der Waals surface area contributed by atoms with E-state index in [0.29, 0.717) is 6.54 Å². The van der Waals surface area contributed by atoms with E-state index in [9.17, 15) is 4.79 Å². The topological polar surface area (TPSA) is 38.3 Å². The second kappa shape index (κ2) is 8.63. The maximum atomic E-state index is 11.9. The van der Waals surface area contributed by atoms with Crippen LogP contribution in [0.3, 0.4) is 0 Å². The average Bonchev–Trinajstić information content (AvgIpc) is 2.56. The van der Waals surface area contributed by atoms with Crippen molar-refractivity contribution in [3.05, 3.63) is 47.5 Å². The fraction of sp³-hybridized carbons (Fsp3) is 0.500. The molecular weight excluding hydrogens is 262 g/mol. The van der Waals surface area contributed by atoms with Crippen LogP contribution >= 0.6 is 0 Å². The van der Waals surface area contributed by atoms with Gasteiger partial charge in [-0.15, -0.1) is 0 Å². The number of carbonyl (C=O) groups is 1. The zero-order valence-electron chi connectivity index (χ0n) is 12.8. The Hall–Kier alpha value is -1.61. The van der Waals surface area contributed by atoms with E-state index in [2.05, 4.69) is 11.4 Å². The molecule has 3 heteroatoms. The van der Waals surface area contributed by atoms with Gasteiger partial charge in [-0.25, -0.2) is 0 Å². The molecule has 2 rings (SSSR count). The van der Waals surface area contributed by atoms with E-state index in [1.165, 1.54) is 32.8 Å². The number of rotatable bonds is 7. The summed E-state index contributed by atoms with van der Waals surface area (Å²) in [5.41, 5.74) is 2.57. The molecule has 21 heavy (non-hydrogen) atoms. The third-order valence-corrected chi connectivity index (χ3v) is 4.04. The first-order valence-electron chi connectivity index (χ1n) is 7.82. The van der Waals surface area contributed by atoms with Gasteiger partial charge >= 0.3 is 5.97 Å². The Bertz CT molecular complexity index is 467. The van der Waals surface area contributed by atoms with Gasteiger partial charge in [-0.3, -0.25) is 4.79 Å². The lowest BCUT2D eigenvalue weighted by Gasteiger charge is -2.17. The van der Waals surface area contributed by atoms with Gasteiger partial charge in [0, 0.05) is 6.54 Å². The van der Waals surface area contributed by atoms with Gasteiger partial charge in [-0.1, -0.05) is 42.0 Å². The number of allylic oxidation sites excluding steroid dienone is 1. The molecule has 0 bridgehead atoms. The smallest absolute Gasteiger partial charge is 0.314 e. The second-order valence-corrected chi connectivity index (χ2v) is 5.55. The fourth-order valence-electron chi connectivity index (χ4n) is 2.79. The van der Waals surface area contributed by atoms with Crippen LogP contribution in [0.15, 0.2) is 42.0 Å². The zero-order chi connectivity index (χ0) is 14.9. The summed E-state index contributed by atoms with van der Waals surface area (Å²) in [5.74, 6) is -0.401. The lowest BCUT2D eigenvalue weighted by atomic mass is 9.97. The molecule has 3 nitrogen and oxygen atoms in total. The van der Waals surface area contributed by atoms with Crippen LogP contribution < -0.4 is 5.32 Å². The highest BCUT2D eigenvalue weighted by atomic mass is 16.5. The first kappa shape index (κ1) is 15.8. The number of hydrogen-bond acceptors (Lipinski definition) is 3. The number of carbonyl (C=O) groups excluding carboxylic acids is 1. The van der Waals surface area contributed by atoms with Gasteiger partial charge in [0.05, 0.1) is 13.0 Å². The zero-order valence-corrected chi connectivity index (χ0v) is 12.8. The van der Waals surface area contributed by atoms with E-state index in [1.54, 1.807) is 5.57 Å². The van der Waals surface area contributed by atoms with Gasteiger partial charge in [0.25, 0.3) is 0 Å². The molecule has 114 valence electrons. The molecule has 1 atom stereocenters. The summed E-state index contributed by atoms with van der Waals surface area (Å²) >= 11 is 0. The van der Waals surface area contributed by atoms with Gasteiger partial charge in [0.1, 0.15) is 0 Å². The number of ether oxygens (including phenoxy) is 1. The first-order valence-corrected chi connectivity index (χ1v) is 7.82. The van der Waals surface area contributed by atoms with Gasteiger partial charge in [0.2, 0.25) is 0 Å². The average molecular weight is 287 g/mol. The van der Waals surface area contributed by atoms with Gasteiger partial charge < -0.3 is 10.1 Å². The van der Waals surface area contributed by atoms with Gasteiger partial charge in [-0.05, 0) is 44.2 Å². The number of methoxy groups -OCH3 is 1. The normalized spacial score (nSPS) is 16.1. The summed E-state index contributed by atoms with van der Waals surface area (Å²) in [5, 5.41) is 3.40. The van der Waals surface area contributed by atoms with Gasteiger partial charge in [-0.2, -0.15) is 0 Å². The molecule has 0 saturated heterocycles. The molecule has 0 aromatic heterocycles. The van der Waals surface area contributed by atoms with Crippen molar-refractivity contribution < 1.29 is 9.53 Å². The molecule has 1 aromatic rings. The summed E-state index contributed by atoms with van der Waals surface area (Å²) in [6.45, 7) is 1.55. The van der Waals surface area contributed by atoms with Crippen molar-refractivity contribution in [2.24, 2.45) is 0 Å². The van der Waals surface area contributed by atoms with Crippen LogP contribution in [0.4, 0.5) is 0 Å². The Kier molecular flexibility index (Phi) is 6.48. The highest BCUT2D eigenvalue weighted by molar-refractivity contribution is 5.78. The molecule has 0 radical (unpaired) electrons. The van der Waals surface area contributed by atoms with E-state index in [4.69, 9.17) is 4.74 Å². The minimum Gasteiger partial charge on any atom is -0.469 e. The summed E-state index contributed by atoms with van der Waals surface area (Å²) < 4.78 is 4.92. The standard InChI is InChI=1S/C18H25NO2/c1-21-18(20)17(16-10-6-3-7-11-16)14-19-13-12-15-8-4-2-5-9-15/h3,6-8,10-11,17,19H,2,4-5,9,12-14H2,1H3. The van der Waals surface area contributed by atoms with E-state index in [1.807, 2.05) is 30.3 Å². The molecule has 0 heterocycles. The highest BCUT2D eigenvalue weighted by Gasteiger charge is 2.20. The summed E-state index contributed by atoms with van der Waals surface area (Å²) in [6, 6.07) is 9.83. The molecule has 1 aliphatic rings. The largest absolute Gasteiger partial charge is 0.469 e. The van der Waals surface area contributed by atoms with Crippen LogP contribution in [0.25, 0.3) is 0 Å². The maximum absolute atomic E-state index is 11.9. The Morgan fingerprint density at radius 2 is 2.10 bits per heavy atom. The van der Waals surface area contributed by atoms with Crippen molar-refractivity contribution in [3.63, 3.8) is 0 Å². The fourth-order valence-corrected chi connectivity index (χ4v) is 2.79. The molecule has 1 aliphatic carbocycles. The molecule has 1 unspecified atom stereocenters. The van der Waals surface area contributed by atoms with Crippen molar-refractivity contribution in [2.75, 3.05) is 20.2 Å². The molecular formula is C18H25NO2. The van der Waals surface area contributed by atoms with E-state index >= 15 is 0 Å². The van der Waals surface area contributed by atoms with Crippen molar-refractivity contribution in [1.82, 2.24) is 5.32 Å². The van der Waals surface area contributed by atoms with E-state index in [-0.39, 0.29) is 11.9 Å². The van der Waals surface area contributed by atoms with E-state index in [0.717, 1.165) is 18.5 Å². The summed E-state index contributed by atoms with van der Waals surface area (Å²) in [7, 11) is 1.45. The van der Waals surface area contributed by atoms with Crippen molar-refractivity contribution in [1.29, 1.82) is 0 Å². The van der Waals surface area contributed by atoms with Crippen LogP contribution in [0, 0.1) is 0 Å². The predicted octanol–water partition coefficient (Wildman–Crippen LogP) is 3.42. The number of esters is 1. The van der Waals surface area contributed by atoms with Crippen LogP contribution in [0.1, 0.15) is 43.6 Å². The maximum Gasteiger partial charge on any atom is 0.314 e.